The van der Waals surface area contributed by atoms with Crippen molar-refractivity contribution >= 4 is 19.8 Å². The summed E-state index contributed by atoms with van der Waals surface area (Å²) >= 11 is 0.992. The molecular weight excluding hydrogens is 377 g/mol. The SMILES string of the molecule is CC(Sc1cc(F)cc(C(O)(C(F)(F)F)C(F)(F)F)c1)[Si](C)(C)C. The molecule has 0 heterocycles. The molecule has 1 atom stereocenters. The summed E-state index contributed by atoms with van der Waals surface area (Å²) in [6, 6.07) is 1.47. The van der Waals surface area contributed by atoms with E-state index in [2.05, 4.69) is 0 Å². The largest absolute Gasteiger partial charge is 0.430 e. The molecule has 0 saturated heterocycles. The van der Waals surface area contributed by atoms with E-state index in [1.54, 1.807) is 6.92 Å². The number of hydrogen-bond donors (Lipinski definition) is 1. The fraction of sp³-hybridized carbons (Fsp3) is 0.571. The highest BCUT2D eigenvalue weighted by atomic mass is 32.2. The molecule has 0 spiro atoms. The number of benzene rings is 1. The molecule has 0 amide bonds. The first-order valence-electron chi connectivity index (χ1n) is 6.83. The Morgan fingerprint density at radius 1 is 0.958 bits per heavy atom. The Morgan fingerprint density at radius 3 is 1.79 bits per heavy atom. The molecule has 1 nitrogen and oxygen atoms in total. The monoisotopic (exact) mass is 394 g/mol. The van der Waals surface area contributed by atoms with Crippen molar-refractivity contribution in [2.24, 2.45) is 0 Å². The second-order valence-corrected chi connectivity index (χ2v) is 13.9. The van der Waals surface area contributed by atoms with Crippen molar-refractivity contribution in [3.63, 3.8) is 0 Å². The maximum absolute atomic E-state index is 13.6. The van der Waals surface area contributed by atoms with Crippen LogP contribution >= 0.6 is 11.8 Å². The summed E-state index contributed by atoms with van der Waals surface area (Å²) in [5.41, 5.74) is -6.70. The molecule has 0 radical (unpaired) electrons. The lowest BCUT2D eigenvalue weighted by Crippen LogP contribution is -2.54. The van der Waals surface area contributed by atoms with Gasteiger partial charge in [0.05, 0.1) is 8.07 Å². The Kier molecular flexibility index (Phi) is 5.79. The molecule has 0 saturated carbocycles. The van der Waals surface area contributed by atoms with E-state index in [1.165, 1.54) is 0 Å². The number of rotatable bonds is 4. The van der Waals surface area contributed by atoms with Gasteiger partial charge >= 0.3 is 12.4 Å². The lowest BCUT2D eigenvalue weighted by Gasteiger charge is -2.33. The summed E-state index contributed by atoms with van der Waals surface area (Å²) in [6.45, 7) is 7.67. The van der Waals surface area contributed by atoms with Crippen LogP contribution in [0.1, 0.15) is 12.5 Å². The molecule has 24 heavy (non-hydrogen) atoms. The van der Waals surface area contributed by atoms with Gasteiger partial charge in [-0.2, -0.15) is 26.3 Å². The highest BCUT2D eigenvalue weighted by Crippen LogP contribution is 2.50. The van der Waals surface area contributed by atoms with Crippen molar-refractivity contribution in [2.45, 2.75) is 54.3 Å². The van der Waals surface area contributed by atoms with E-state index in [0.717, 1.165) is 17.8 Å². The first-order chi connectivity index (χ1) is 10.5. The molecule has 1 rings (SSSR count). The Labute approximate surface area is 140 Å². The molecule has 0 aromatic heterocycles. The van der Waals surface area contributed by atoms with Crippen molar-refractivity contribution in [2.75, 3.05) is 0 Å². The average Bonchev–Trinajstić information content (AvgIpc) is 2.32. The van der Waals surface area contributed by atoms with E-state index in [1.807, 2.05) is 19.6 Å². The van der Waals surface area contributed by atoms with Crippen LogP contribution in [0.2, 0.25) is 19.6 Å². The molecule has 0 bridgehead atoms. The molecule has 0 aliphatic rings. The lowest BCUT2D eigenvalue weighted by atomic mass is 9.92. The van der Waals surface area contributed by atoms with E-state index < -0.39 is 37.4 Å². The zero-order valence-corrected chi connectivity index (χ0v) is 15.1. The van der Waals surface area contributed by atoms with E-state index in [-0.39, 0.29) is 15.8 Å². The average molecular weight is 394 g/mol. The second-order valence-electron chi connectivity index (χ2n) is 6.51. The van der Waals surface area contributed by atoms with E-state index in [9.17, 15) is 35.8 Å². The molecule has 1 aromatic rings. The third-order valence-electron chi connectivity index (χ3n) is 3.64. The third kappa shape index (κ3) is 4.26. The summed E-state index contributed by atoms with van der Waals surface area (Å²) in [7, 11) is -1.76. The van der Waals surface area contributed by atoms with Crippen LogP contribution in [-0.4, -0.2) is 30.4 Å². The third-order valence-corrected chi connectivity index (χ3v) is 9.42. The van der Waals surface area contributed by atoms with Gasteiger partial charge in [0.15, 0.2) is 0 Å². The molecule has 0 aliphatic carbocycles. The van der Waals surface area contributed by atoms with Gasteiger partial charge < -0.3 is 5.11 Å². The lowest BCUT2D eigenvalue weighted by molar-refractivity contribution is -0.376. The second kappa shape index (κ2) is 6.53. The number of halogens is 7. The first-order valence-corrected chi connectivity index (χ1v) is 11.3. The highest BCUT2D eigenvalue weighted by Gasteiger charge is 2.71. The van der Waals surface area contributed by atoms with Crippen molar-refractivity contribution < 1.29 is 35.8 Å². The zero-order valence-electron chi connectivity index (χ0n) is 13.3. The zero-order chi connectivity index (χ0) is 19.1. The molecule has 0 fully saturated rings. The minimum Gasteiger partial charge on any atom is -0.369 e. The van der Waals surface area contributed by atoms with Gasteiger partial charge in [-0.25, -0.2) is 4.39 Å². The van der Waals surface area contributed by atoms with Crippen LogP contribution in [0.5, 0.6) is 0 Å². The minimum absolute atomic E-state index is 0.0597. The van der Waals surface area contributed by atoms with Crippen molar-refractivity contribution in [3.8, 4) is 0 Å². The smallest absolute Gasteiger partial charge is 0.369 e. The normalized spacial score (nSPS) is 15.5. The Morgan fingerprint density at radius 2 is 1.42 bits per heavy atom. The minimum atomic E-state index is -6.04. The molecular formula is C14H17F7OSSi. The predicted octanol–water partition coefficient (Wildman–Crippen LogP) is 5.50. The van der Waals surface area contributed by atoms with Crippen molar-refractivity contribution in [1.82, 2.24) is 0 Å². The van der Waals surface area contributed by atoms with Gasteiger partial charge in [0, 0.05) is 15.3 Å². The van der Waals surface area contributed by atoms with Gasteiger partial charge in [0.1, 0.15) is 5.82 Å². The number of thioether (sulfide) groups is 1. The summed E-state index contributed by atoms with van der Waals surface area (Å²) in [5.74, 6) is -1.27. The topological polar surface area (TPSA) is 20.2 Å². The molecule has 10 heteroatoms. The number of aliphatic hydroxyl groups is 1. The van der Waals surface area contributed by atoms with Gasteiger partial charge in [0.2, 0.25) is 0 Å². The fourth-order valence-corrected chi connectivity index (χ4v) is 4.31. The Hall–Kier alpha value is -0.743. The predicted molar refractivity (Wildman–Crippen MR) is 81.1 cm³/mol. The van der Waals surface area contributed by atoms with Crippen LogP contribution < -0.4 is 0 Å². The van der Waals surface area contributed by atoms with Crippen LogP contribution in [0.4, 0.5) is 30.7 Å². The van der Waals surface area contributed by atoms with E-state index in [0.29, 0.717) is 6.07 Å². The van der Waals surface area contributed by atoms with Crippen molar-refractivity contribution in [3.05, 3.63) is 29.6 Å². The van der Waals surface area contributed by atoms with Crippen LogP contribution in [0.25, 0.3) is 0 Å². The van der Waals surface area contributed by atoms with Gasteiger partial charge in [0.25, 0.3) is 5.60 Å². The number of hydrogen-bond acceptors (Lipinski definition) is 2. The van der Waals surface area contributed by atoms with Crippen LogP contribution in [0.15, 0.2) is 23.1 Å². The Bertz CT molecular complexity index is 578. The molecule has 0 aliphatic heterocycles. The van der Waals surface area contributed by atoms with E-state index >= 15 is 0 Å². The maximum Gasteiger partial charge on any atom is 0.430 e. The molecule has 1 unspecified atom stereocenters. The van der Waals surface area contributed by atoms with E-state index in [4.69, 9.17) is 0 Å². The van der Waals surface area contributed by atoms with Gasteiger partial charge in [-0.3, -0.25) is 0 Å². The van der Waals surface area contributed by atoms with Crippen LogP contribution in [0, 0.1) is 5.82 Å². The Balaban J connectivity index is 3.44. The van der Waals surface area contributed by atoms with Crippen LogP contribution in [-0.2, 0) is 5.60 Å². The number of alkyl halides is 6. The summed E-state index contributed by atoms with van der Waals surface area (Å²) in [5, 5.41) is 9.38. The molecule has 138 valence electrons. The first kappa shape index (κ1) is 21.3. The van der Waals surface area contributed by atoms with Gasteiger partial charge in [-0.05, 0) is 18.2 Å². The highest BCUT2D eigenvalue weighted by molar-refractivity contribution is 8.01. The summed E-state index contributed by atoms with van der Waals surface area (Å²) in [4.78, 5) is -0.177. The van der Waals surface area contributed by atoms with Gasteiger partial charge in [-0.1, -0.05) is 26.6 Å². The quantitative estimate of drug-likeness (QED) is 0.414. The standard InChI is InChI=1S/C14H17F7OSSi/c1-8(24(2,3)4)23-11-6-9(5-10(15)7-11)12(22,13(16,17)18)14(19,20)21/h5-8,22H,1-4H3. The van der Waals surface area contributed by atoms with Gasteiger partial charge in [-0.15, -0.1) is 11.8 Å². The fourth-order valence-electron chi connectivity index (χ4n) is 1.71. The summed E-state index contributed by atoms with van der Waals surface area (Å²) < 4.78 is 91.1. The summed E-state index contributed by atoms with van der Waals surface area (Å²) in [6.07, 6.45) is -12.1. The maximum atomic E-state index is 13.6. The molecule has 1 N–H and O–H groups in total. The van der Waals surface area contributed by atoms with Crippen molar-refractivity contribution in [1.29, 1.82) is 0 Å². The van der Waals surface area contributed by atoms with Crippen LogP contribution in [0.3, 0.4) is 0 Å². The molecule has 1 aromatic carbocycles.